The first-order valence-electron chi connectivity index (χ1n) is 30.2. The standard InChI is InChI=1S/C42H53F3O5.C28H26F4O5/c1-3-5-7-9-10-11-12-14-28-48-37-25-22-32(23-26-37)31-16-18-33(19-17-31)40(46)49-38-27-24-34-29-36(21-20-35(34)30-38)41(47)50-39(42(43,44)45)15-13-8-6-4-2;1-3-35-16-4-5-25(28(30,31)32)37-27(34)23-15-14-22(17-24(23)29)36-26(33)21-12-10-20(11-13-21)19-8-6-18(2)7-9-19/h16-19,22-27,30,36,39H,3-15,20-21,28-29H2,1-2H3;6-15,17,25H,3-5,16H2,1-2H3. The molecule has 468 valence electrons. The van der Waals surface area contributed by atoms with Crippen LogP contribution in [-0.4, -0.2) is 68.3 Å². The third-order valence-electron chi connectivity index (χ3n) is 14.9. The fraction of sp³-hybridized carbons (Fsp3) is 0.429. The second-order valence-corrected chi connectivity index (χ2v) is 21.8. The van der Waals surface area contributed by atoms with Crippen molar-refractivity contribution in [3.8, 4) is 39.5 Å². The summed E-state index contributed by atoms with van der Waals surface area (Å²) in [7, 11) is 0. The van der Waals surface area contributed by atoms with Crippen molar-refractivity contribution < 1.29 is 78.3 Å². The van der Waals surface area contributed by atoms with Crippen molar-refractivity contribution in [3.63, 3.8) is 0 Å². The van der Waals surface area contributed by atoms with E-state index in [0.29, 0.717) is 43.6 Å². The second-order valence-electron chi connectivity index (χ2n) is 21.8. The highest BCUT2D eigenvalue weighted by Crippen LogP contribution is 2.34. The van der Waals surface area contributed by atoms with Crippen LogP contribution in [-0.2, 0) is 31.8 Å². The summed E-state index contributed by atoms with van der Waals surface area (Å²) in [5.41, 5.74) is 6.63. The van der Waals surface area contributed by atoms with Crippen molar-refractivity contribution in [1.29, 1.82) is 0 Å². The Labute approximate surface area is 506 Å². The van der Waals surface area contributed by atoms with Crippen LogP contribution in [0.2, 0.25) is 0 Å². The molecule has 1 aliphatic rings. The molecule has 0 saturated heterocycles. The summed E-state index contributed by atoms with van der Waals surface area (Å²) >= 11 is 0. The first-order valence-corrected chi connectivity index (χ1v) is 30.2. The van der Waals surface area contributed by atoms with E-state index in [-0.39, 0.29) is 37.2 Å². The lowest BCUT2D eigenvalue weighted by molar-refractivity contribution is -0.225. The summed E-state index contributed by atoms with van der Waals surface area (Å²) in [5.74, 6) is -4.34. The summed E-state index contributed by atoms with van der Waals surface area (Å²) in [6.07, 6.45) is -0.525. The van der Waals surface area contributed by atoms with Gasteiger partial charge in [0.2, 0.25) is 0 Å². The average Bonchev–Trinajstić information content (AvgIpc) is 2.80. The van der Waals surface area contributed by atoms with Gasteiger partial charge in [-0.1, -0.05) is 150 Å². The van der Waals surface area contributed by atoms with Crippen LogP contribution in [0.1, 0.15) is 171 Å². The number of rotatable bonds is 30. The number of benzene rings is 6. The predicted molar refractivity (Wildman–Crippen MR) is 321 cm³/mol. The molecule has 0 spiro atoms. The van der Waals surface area contributed by atoms with E-state index in [1.165, 1.54) is 44.9 Å². The van der Waals surface area contributed by atoms with Crippen molar-refractivity contribution in [1.82, 2.24) is 0 Å². The topological polar surface area (TPSA) is 124 Å². The monoisotopic (exact) mass is 1210 g/mol. The highest BCUT2D eigenvalue weighted by atomic mass is 19.4. The zero-order valence-corrected chi connectivity index (χ0v) is 50.0. The molecule has 6 aromatic carbocycles. The quantitative estimate of drug-likeness (QED) is 0.0186. The van der Waals surface area contributed by atoms with Gasteiger partial charge in [-0.3, -0.25) is 4.79 Å². The Morgan fingerprint density at radius 1 is 0.494 bits per heavy atom. The van der Waals surface area contributed by atoms with Gasteiger partial charge in [-0.15, -0.1) is 0 Å². The lowest BCUT2D eigenvalue weighted by Gasteiger charge is -2.27. The third-order valence-corrected chi connectivity index (χ3v) is 14.9. The number of carbonyl (C=O) groups excluding carboxylic acids is 4. The highest BCUT2D eigenvalue weighted by molar-refractivity contribution is 5.93. The molecule has 0 bridgehead atoms. The number of aryl methyl sites for hydroxylation is 2. The van der Waals surface area contributed by atoms with E-state index in [1.807, 2.05) is 74.5 Å². The number of alkyl halides is 6. The lowest BCUT2D eigenvalue weighted by atomic mass is 9.84. The molecule has 0 radical (unpaired) electrons. The Morgan fingerprint density at radius 2 is 0.966 bits per heavy atom. The van der Waals surface area contributed by atoms with E-state index in [4.69, 9.17) is 23.7 Å². The van der Waals surface area contributed by atoms with E-state index in [2.05, 4.69) is 11.7 Å². The number of hydrogen-bond donors (Lipinski definition) is 0. The lowest BCUT2D eigenvalue weighted by Crippen LogP contribution is -2.37. The zero-order chi connectivity index (χ0) is 62.8. The van der Waals surface area contributed by atoms with Crippen LogP contribution >= 0.6 is 0 Å². The van der Waals surface area contributed by atoms with Crippen LogP contribution < -0.4 is 14.2 Å². The van der Waals surface area contributed by atoms with Crippen molar-refractivity contribution >= 4 is 23.9 Å². The van der Waals surface area contributed by atoms with Gasteiger partial charge in [0.1, 0.15) is 23.1 Å². The molecule has 0 aromatic heterocycles. The van der Waals surface area contributed by atoms with Gasteiger partial charge in [-0.25, -0.2) is 18.8 Å². The van der Waals surface area contributed by atoms with E-state index in [9.17, 15) is 49.9 Å². The van der Waals surface area contributed by atoms with Crippen molar-refractivity contribution in [2.75, 3.05) is 19.8 Å². The smallest absolute Gasteiger partial charge is 0.425 e. The summed E-state index contributed by atoms with van der Waals surface area (Å²) in [6, 6.07) is 37.6. The van der Waals surface area contributed by atoms with Crippen LogP contribution in [0.15, 0.2) is 133 Å². The van der Waals surface area contributed by atoms with Gasteiger partial charge in [-0.2, -0.15) is 26.3 Å². The Morgan fingerprint density at radius 3 is 1.51 bits per heavy atom. The Bertz CT molecular complexity index is 3090. The van der Waals surface area contributed by atoms with Gasteiger partial charge in [0.25, 0.3) is 0 Å². The van der Waals surface area contributed by atoms with Crippen LogP contribution in [0.25, 0.3) is 22.3 Å². The predicted octanol–water partition coefficient (Wildman–Crippen LogP) is 18.6. The van der Waals surface area contributed by atoms with Gasteiger partial charge in [0, 0.05) is 19.3 Å². The highest BCUT2D eigenvalue weighted by Gasteiger charge is 2.44. The number of ether oxygens (including phenoxy) is 6. The Hall–Kier alpha value is -7.53. The van der Waals surface area contributed by atoms with Crippen molar-refractivity contribution in [3.05, 3.63) is 173 Å². The van der Waals surface area contributed by atoms with E-state index < -0.39 is 72.2 Å². The van der Waals surface area contributed by atoms with Crippen LogP contribution in [0.3, 0.4) is 0 Å². The minimum atomic E-state index is -4.82. The number of hydrogen-bond acceptors (Lipinski definition) is 10. The molecular formula is C70H79F7O10. The van der Waals surface area contributed by atoms with Gasteiger partial charge in [0.15, 0.2) is 12.2 Å². The van der Waals surface area contributed by atoms with Crippen molar-refractivity contribution in [2.45, 2.75) is 168 Å². The number of carbonyl (C=O) groups is 4. The molecule has 1 aliphatic carbocycles. The van der Waals surface area contributed by atoms with Gasteiger partial charge < -0.3 is 28.4 Å². The molecule has 0 N–H and O–H groups in total. The summed E-state index contributed by atoms with van der Waals surface area (Å²) in [6.45, 7) is 9.04. The molecule has 0 aliphatic heterocycles. The summed E-state index contributed by atoms with van der Waals surface area (Å²) < 4.78 is 126. The fourth-order valence-corrected chi connectivity index (χ4v) is 9.85. The minimum Gasteiger partial charge on any atom is -0.494 e. The minimum absolute atomic E-state index is 0.00860. The SMILES string of the molecule is CCCCCCCCCCOc1ccc(-c2ccc(C(=O)Oc3ccc4c(c3)CCC(C(=O)OC(CCCCCC)C(F)(F)F)C4)cc2)cc1.CCOCCCC(OC(=O)c1ccc(OC(=O)c2ccc(-c3ccc(C)cc3)cc2)cc1F)C(F)(F)F. The van der Waals surface area contributed by atoms with Crippen LogP contribution in [0.4, 0.5) is 30.7 Å². The fourth-order valence-electron chi connectivity index (χ4n) is 9.85. The Kier molecular flexibility index (Phi) is 27.4. The normalized spacial score (nSPS) is 13.7. The first-order chi connectivity index (χ1) is 41.8. The molecule has 7 rings (SSSR count). The third kappa shape index (κ3) is 22.6. The summed E-state index contributed by atoms with van der Waals surface area (Å²) in [4.78, 5) is 50.4. The Balaban J connectivity index is 0.000000291. The molecule has 0 amide bonds. The molecular weight excluding hydrogens is 1130 g/mol. The van der Waals surface area contributed by atoms with E-state index in [0.717, 1.165) is 88.8 Å². The molecule has 6 aromatic rings. The largest absolute Gasteiger partial charge is 0.494 e. The molecule has 3 unspecified atom stereocenters. The van der Waals surface area contributed by atoms with Gasteiger partial charge in [-0.05, 0) is 159 Å². The molecule has 0 saturated carbocycles. The first kappa shape index (κ1) is 68.6. The number of unbranched alkanes of at least 4 members (excludes halogenated alkanes) is 10. The number of halogens is 7. The van der Waals surface area contributed by atoms with Crippen LogP contribution in [0, 0.1) is 18.7 Å². The van der Waals surface area contributed by atoms with Crippen molar-refractivity contribution in [2.24, 2.45) is 5.92 Å². The number of esters is 4. The molecule has 0 heterocycles. The molecule has 0 fully saturated rings. The maximum Gasteiger partial charge on any atom is 0.425 e. The second kappa shape index (κ2) is 34.7. The maximum atomic E-state index is 14.5. The zero-order valence-electron chi connectivity index (χ0n) is 50.0. The summed E-state index contributed by atoms with van der Waals surface area (Å²) in [5, 5.41) is 0. The number of fused-ring (bicyclic) bond motifs is 1. The molecule has 10 nitrogen and oxygen atoms in total. The molecule has 3 atom stereocenters. The van der Waals surface area contributed by atoms with Gasteiger partial charge in [0.05, 0.1) is 29.2 Å². The van der Waals surface area contributed by atoms with E-state index in [1.54, 1.807) is 61.5 Å². The maximum absolute atomic E-state index is 14.5. The van der Waals surface area contributed by atoms with E-state index >= 15 is 0 Å². The molecule has 17 heteroatoms. The van der Waals surface area contributed by atoms with Crippen LogP contribution in [0.5, 0.6) is 17.2 Å². The van der Waals surface area contributed by atoms with Gasteiger partial charge >= 0.3 is 36.2 Å². The molecule has 87 heavy (non-hydrogen) atoms. The average molecular weight is 1210 g/mol.